The number of likely N-dealkylation sites (tertiary alicyclic amines) is 1. The summed E-state index contributed by atoms with van der Waals surface area (Å²) in [5, 5.41) is 5.81. The molecule has 1 fully saturated rings. The number of nitrogens with one attached hydrogen (secondary N) is 2. The van der Waals surface area contributed by atoms with Crippen LogP contribution in [0.3, 0.4) is 0 Å². The molecule has 0 unspecified atom stereocenters. The van der Waals surface area contributed by atoms with Crippen molar-refractivity contribution < 1.29 is 9.59 Å². The number of amides is 2. The van der Waals surface area contributed by atoms with Gasteiger partial charge in [0, 0.05) is 24.6 Å². The number of hydrogen-bond acceptors (Lipinski definition) is 3. The first-order valence-corrected chi connectivity index (χ1v) is 9.01. The molecule has 2 rings (SSSR count). The molecule has 0 atom stereocenters. The number of rotatable bonds is 7. The fourth-order valence-corrected chi connectivity index (χ4v) is 3.15. The van der Waals surface area contributed by atoms with E-state index >= 15 is 0 Å². The third kappa shape index (κ3) is 5.34. The molecular weight excluding hydrogens is 302 g/mol. The van der Waals surface area contributed by atoms with Gasteiger partial charge in [-0.3, -0.25) is 9.59 Å². The molecule has 1 aliphatic heterocycles. The second-order valence-corrected chi connectivity index (χ2v) is 6.39. The molecule has 1 aromatic carbocycles. The number of benzene rings is 1. The largest absolute Gasteiger partial charge is 0.352 e. The Bertz CT molecular complexity index is 551. The first kappa shape index (κ1) is 18.5. The fraction of sp³-hybridized carbons (Fsp3) is 0.579. The fourth-order valence-electron chi connectivity index (χ4n) is 3.15. The second kappa shape index (κ2) is 9.42. The Morgan fingerprint density at radius 3 is 2.58 bits per heavy atom. The van der Waals surface area contributed by atoms with E-state index in [0.29, 0.717) is 18.7 Å². The van der Waals surface area contributed by atoms with E-state index in [1.54, 1.807) is 6.07 Å². The van der Waals surface area contributed by atoms with Gasteiger partial charge >= 0.3 is 0 Å². The Kier molecular flexibility index (Phi) is 7.25. The van der Waals surface area contributed by atoms with Crippen LogP contribution >= 0.6 is 0 Å². The minimum atomic E-state index is -0.0750. The number of carbonyl (C=O) groups is 2. The van der Waals surface area contributed by atoms with Gasteiger partial charge in [0.1, 0.15) is 0 Å². The predicted octanol–water partition coefficient (Wildman–Crippen LogP) is 2.17. The van der Waals surface area contributed by atoms with Gasteiger partial charge < -0.3 is 15.5 Å². The third-order valence-corrected chi connectivity index (χ3v) is 4.49. The van der Waals surface area contributed by atoms with E-state index in [-0.39, 0.29) is 17.7 Å². The maximum atomic E-state index is 12.3. The van der Waals surface area contributed by atoms with E-state index < -0.39 is 0 Å². The number of carbonyl (C=O) groups excluding carboxylic acids is 2. The van der Waals surface area contributed by atoms with Crippen LogP contribution < -0.4 is 10.6 Å². The lowest BCUT2D eigenvalue weighted by atomic mass is 9.95. The van der Waals surface area contributed by atoms with Gasteiger partial charge in [-0.1, -0.05) is 19.1 Å². The molecule has 2 N–H and O–H groups in total. The quantitative estimate of drug-likeness (QED) is 0.805. The lowest BCUT2D eigenvalue weighted by Gasteiger charge is -2.30. The summed E-state index contributed by atoms with van der Waals surface area (Å²) in [6, 6.07) is 7.43. The summed E-state index contributed by atoms with van der Waals surface area (Å²) in [4.78, 5) is 26.6. The van der Waals surface area contributed by atoms with E-state index in [1.165, 1.54) is 6.42 Å². The summed E-state index contributed by atoms with van der Waals surface area (Å²) in [6.45, 7) is 8.32. The Labute approximate surface area is 144 Å². The van der Waals surface area contributed by atoms with Crippen molar-refractivity contribution in [3.63, 3.8) is 0 Å². The molecule has 5 heteroatoms. The van der Waals surface area contributed by atoms with E-state index in [1.807, 2.05) is 25.1 Å². The highest BCUT2D eigenvalue weighted by atomic mass is 16.2. The van der Waals surface area contributed by atoms with Crippen LogP contribution in [-0.4, -0.2) is 42.9 Å². The Hall–Kier alpha value is -1.88. The number of piperidine rings is 1. The Morgan fingerprint density at radius 1 is 1.17 bits per heavy atom. The van der Waals surface area contributed by atoms with Crippen LogP contribution in [0.2, 0.25) is 0 Å². The molecule has 1 heterocycles. The highest BCUT2D eigenvalue weighted by Crippen LogP contribution is 2.17. The van der Waals surface area contributed by atoms with Gasteiger partial charge in [-0.05, 0) is 63.5 Å². The topological polar surface area (TPSA) is 61.4 Å². The summed E-state index contributed by atoms with van der Waals surface area (Å²) in [5.74, 6) is 0.174. The molecule has 1 saturated heterocycles. The SMILES string of the molecule is CCCN1CCC(C(=O)NCc2cccc(C(=O)NCC)c2)CC1. The summed E-state index contributed by atoms with van der Waals surface area (Å²) >= 11 is 0. The zero-order valence-electron chi connectivity index (χ0n) is 14.8. The molecule has 2 amide bonds. The van der Waals surface area contributed by atoms with Crippen molar-refractivity contribution in [3.8, 4) is 0 Å². The van der Waals surface area contributed by atoms with Crippen LogP contribution in [0, 0.1) is 5.92 Å². The monoisotopic (exact) mass is 331 g/mol. The van der Waals surface area contributed by atoms with Crippen molar-refractivity contribution in [2.24, 2.45) is 5.92 Å². The minimum Gasteiger partial charge on any atom is -0.352 e. The van der Waals surface area contributed by atoms with E-state index in [4.69, 9.17) is 0 Å². The van der Waals surface area contributed by atoms with Gasteiger partial charge in [0.15, 0.2) is 0 Å². The lowest BCUT2D eigenvalue weighted by molar-refractivity contribution is -0.126. The molecule has 0 bridgehead atoms. The van der Waals surface area contributed by atoms with Crippen molar-refractivity contribution in [3.05, 3.63) is 35.4 Å². The first-order chi connectivity index (χ1) is 11.6. The van der Waals surface area contributed by atoms with Crippen LogP contribution in [0.1, 0.15) is 49.0 Å². The molecule has 0 spiro atoms. The van der Waals surface area contributed by atoms with E-state index in [9.17, 15) is 9.59 Å². The third-order valence-electron chi connectivity index (χ3n) is 4.49. The zero-order valence-corrected chi connectivity index (χ0v) is 14.8. The molecule has 0 radical (unpaired) electrons. The van der Waals surface area contributed by atoms with Gasteiger partial charge in [-0.2, -0.15) is 0 Å². The normalized spacial score (nSPS) is 15.9. The van der Waals surface area contributed by atoms with Crippen molar-refractivity contribution >= 4 is 11.8 Å². The molecule has 1 aliphatic rings. The van der Waals surface area contributed by atoms with Crippen LogP contribution in [0.4, 0.5) is 0 Å². The average Bonchev–Trinajstić information content (AvgIpc) is 2.61. The van der Waals surface area contributed by atoms with E-state index in [0.717, 1.165) is 38.0 Å². The Balaban J connectivity index is 1.82. The molecule has 5 nitrogen and oxygen atoms in total. The first-order valence-electron chi connectivity index (χ1n) is 9.01. The molecule has 0 aliphatic carbocycles. The minimum absolute atomic E-state index is 0.0750. The van der Waals surface area contributed by atoms with E-state index in [2.05, 4.69) is 22.5 Å². The molecule has 0 aromatic heterocycles. The molecule has 0 saturated carbocycles. The van der Waals surface area contributed by atoms with Crippen LogP contribution in [0.15, 0.2) is 24.3 Å². The van der Waals surface area contributed by atoms with Crippen LogP contribution in [0.25, 0.3) is 0 Å². The van der Waals surface area contributed by atoms with Crippen molar-refractivity contribution in [1.29, 1.82) is 0 Å². The lowest BCUT2D eigenvalue weighted by Crippen LogP contribution is -2.40. The molecule has 24 heavy (non-hydrogen) atoms. The molecular formula is C19H29N3O2. The highest BCUT2D eigenvalue weighted by Gasteiger charge is 2.24. The van der Waals surface area contributed by atoms with Gasteiger partial charge in [0.2, 0.25) is 5.91 Å². The Morgan fingerprint density at radius 2 is 1.92 bits per heavy atom. The van der Waals surface area contributed by atoms with Crippen molar-refractivity contribution in [2.45, 2.75) is 39.7 Å². The van der Waals surface area contributed by atoms with Crippen molar-refractivity contribution in [1.82, 2.24) is 15.5 Å². The average molecular weight is 331 g/mol. The van der Waals surface area contributed by atoms with Gasteiger partial charge in [0.25, 0.3) is 5.91 Å². The second-order valence-electron chi connectivity index (χ2n) is 6.39. The summed E-state index contributed by atoms with van der Waals surface area (Å²) in [7, 11) is 0. The van der Waals surface area contributed by atoms with Crippen molar-refractivity contribution in [2.75, 3.05) is 26.2 Å². The maximum Gasteiger partial charge on any atom is 0.251 e. The maximum absolute atomic E-state index is 12.3. The standard InChI is InChI=1S/C19H29N3O2/c1-3-10-22-11-8-16(9-12-22)18(23)21-14-15-6-5-7-17(13-15)19(24)20-4-2/h5-7,13,16H,3-4,8-12,14H2,1-2H3,(H,20,24)(H,21,23). The number of nitrogens with zero attached hydrogens (tertiary/aromatic N) is 1. The summed E-state index contributed by atoms with van der Waals surface area (Å²) < 4.78 is 0. The van der Waals surface area contributed by atoms with Gasteiger partial charge in [-0.15, -0.1) is 0 Å². The smallest absolute Gasteiger partial charge is 0.251 e. The molecule has 132 valence electrons. The van der Waals surface area contributed by atoms with Crippen LogP contribution in [0.5, 0.6) is 0 Å². The zero-order chi connectivity index (χ0) is 17.4. The predicted molar refractivity (Wildman–Crippen MR) is 95.8 cm³/mol. The summed E-state index contributed by atoms with van der Waals surface area (Å²) in [6.07, 6.45) is 3.04. The van der Waals surface area contributed by atoms with Crippen LogP contribution in [-0.2, 0) is 11.3 Å². The molecule has 1 aromatic rings. The highest BCUT2D eigenvalue weighted by molar-refractivity contribution is 5.94. The van der Waals surface area contributed by atoms with Gasteiger partial charge in [0.05, 0.1) is 0 Å². The number of hydrogen-bond donors (Lipinski definition) is 2. The summed E-state index contributed by atoms with van der Waals surface area (Å²) in [5.41, 5.74) is 1.59. The van der Waals surface area contributed by atoms with Gasteiger partial charge in [-0.25, -0.2) is 0 Å².